The zero-order valence-electron chi connectivity index (χ0n) is 21.7. The average molecular weight is 544 g/mol. The maximum atomic E-state index is 13.4. The van der Waals surface area contributed by atoms with Gasteiger partial charge in [-0.1, -0.05) is 37.8 Å². The minimum atomic E-state index is -3.55. The van der Waals surface area contributed by atoms with E-state index < -0.39 is 32.9 Å². The van der Waals surface area contributed by atoms with Crippen molar-refractivity contribution in [2.45, 2.75) is 69.0 Å². The van der Waals surface area contributed by atoms with Gasteiger partial charge in [-0.25, -0.2) is 13.1 Å². The topological polar surface area (TPSA) is 145 Å². The van der Waals surface area contributed by atoms with Gasteiger partial charge in [0.25, 0.3) is 11.5 Å². The Hall–Kier alpha value is -3.51. The van der Waals surface area contributed by atoms with Crippen molar-refractivity contribution < 1.29 is 23.1 Å². The monoisotopic (exact) mass is 543 g/mol. The van der Waals surface area contributed by atoms with Crippen molar-refractivity contribution >= 4 is 21.6 Å². The highest BCUT2D eigenvalue weighted by Gasteiger charge is 2.29. The summed E-state index contributed by atoms with van der Waals surface area (Å²) in [7, 11) is -3.55. The number of aromatic nitrogens is 4. The standard InChI is InChI=1S/C26H33N5O6S/c1-26(2,34)17-30-13-12-23(29-30)28-25(33)20(14-18-8-4-5-9-18)31-24(32)15-19(16-27-31)37-21-10-6-7-11-22(21)38(3,35)36/h6-7,10-13,15-16,18,20,34H,4-5,8-9,14,17H2,1-3H3,(H,28,29,33)/t20-/m1/s1. The first-order valence-corrected chi connectivity index (χ1v) is 14.4. The van der Waals surface area contributed by atoms with Crippen LogP contribution in [0.2, 0.25) is 0 Å². The van der Waals surface area contributed by atoms with E-state index >= 15 is 0 Å². The Labute approximate surface area is 221 Å². The summed E-state index contributed by atoms with van der Waals surface area (Å²) < 4.78 is 32.5. The number of nitrogens with zero attached hydrogens (tertiary/aromatic N) is 4. The number of hydrogen-bond donors (Lipinski definition) is 2. The number of aliphatic hydroxyl groups is 1. The zero-order valence-corrected chi connectivity index (χ0v) is 22.5. The number of benzene rings is 1. The number of para-hydroxylation sites is 1. The lowest BCUT2D eigenvalue weighted by Crippen LogP contribution is -2.36. The Morgan fingerprint density at radius 1 is 1.24 bits per heavy atom. The number of hydrogen-bond acceptors (Lipinski definition) is 8. The lowest BCUT2D eigenvalue weighted by atomic mass is 9.98. The van der Waals surface area contributed by atoms with Gasteiger partial charge in [0.1, 0.15) is 16.7 Å². The number of carbonyl (C=O) groups excluding carboxylic acids is 1. The summed E-state index contributed by atoms with van der Waals surface area (Å²) >= 11 is 0. The predicted molar refractivity (Wildman–Crippen MR) is 141 cm³/mol. The van der Waals surface area contributed by atoms with Crippen molar-refractivity contribution in [3.8, 4) is 11.5 Å². The summed E-state index contributed by atoms with van der Waals surface area (Å²) in [5.74, 6) is 0.311. The molecule has 1 aromatic carbocycles. The van der Waals surface area contributed by atoms with Gasteiger partial charge in [-0.2, -0.15) is 10.2 Å². The first-order valence-electron chi connectivity index (χ1n) is 12.5. The van der Waals surface area contributed by atoms with Crippen LogP contribution in [0.3, 0.4) is 0 Å². The van der Waals surface area contributed by atoms with Crippen molar-refractivity contribution in [3.05, 3.63) is 59.1 Å². The maximum Gasteiger partial charge on any atom is 0.271 e. The van der Waals surface area contributed by atoms with E-state index in [0.29, 0.717) is 12.2 Å². The molecule has 204 valence electrons. The number of rotatable bonds is 10. The summed E-state index contributed by atoms with van der Waals surface area (Å²) in [6.07, 6.45) is 8.58. The Morgan fingerprint density at radius 3 is 2.61 bits per heavy atom. The lowest BCUT2D eigenvalue weighted by molar-refractivity contribution is -0.120. The first kappa shape index (κ1) is 27.5. The predicted octanol–water partition coefficient (Wildman–Crippen LogP) is 3.17. The van der Waals surface area contributed by atoms with Crippen molar-refractivity contribution in [2.75, 3.05) is 11.6 Å². The van der Waals surface area contributed by atoms with Crippen molar-refractivity contribution in [1.82, 2.24) is 19.6 Å². The van der Waals surface area contributed by atoms with Gasteiger partial charge in [0.15, 0.2) is 21.4 Å². The molecule has 12 heteroatoms. The molecule has 0 aliphatic heterocycles. The van der Waals surface area contributed by atoms with E-state index in [1.165, 1.54) is 29.1 Å². The summed E-state index contributed by atoms with van der Waals surface area (Å²) in [6, 6.07) is 8.08. The van der Waals surface area contributed by atoms with Gasteiger partial charge in [-0.15, -0.1) is 0 Å². The Kier molecular flexibility index (Phi) is 8.02. The van der Waals surface area contributed by atoms with E-state index in [9.17, 15) is 23.1 Å². The van der Waals surface area contributed by atoms with Gasteiger partial charge in [0.05, 0.1) is 18.3 Å². The second kappa shape index (κ2) is 11.1. The molecule has 38 heavy (non-hydrogen) atoms. The molecule has 1 aliphatic carbocycles. The average Bonchev–Trinajstić information content (AvgIpc) is 3.48. The van der Waals surface area contributed by atoms with Crippen LogP contribution in [0.25, 0.3) is 0 Å². The minimum absolute atomic E-state index is 0.00770. The third-order valence-corrected chi connectivity index (χ3v) is 7.48. The van der Waals surface area contributed by atoms with Crippen LogP contribution < -0.4 is 15.6 Å². The first-order chi connectivity index (χ1) is 17.9. The van der Waals surface area contributed by atoms with Crippen molar-refractivity contribution in [2.24, 2.45) is 5.92 Å². The van der Waals surface area contributed by atoms with Crippen LogP contribution in [0.5, 0.6) is 11.5 Å². The van der Waals surface area contributed by atoms with E-state index in [4.69, 9.17) is 4.74 Å². The molecule has 0 radical (unpaired) electrons. The van der Waals surface area contributed by atoms with Crippen LogP contribution in [0.4, 0.5) is 5.82 Å². The van der Waals surface area contributed by atoms with E-state index in [1.807, 2.05) is 0 Å². The van der Waals surface area contributed by atoms with Gasteiger partial charge in [-0.05, 0) is 38.3 Å². The second-order valence-electron chi connectivity index (χ2n) is 10.4. The Bertz CT molecular complexity index is 1450. The molecule has 1 aliphatic rings. The quantitative estimate of drug-likeness (QED) is 0.397. The molecule has 0 bridgehead atoms. The van der Waals surface area contributed by atoms with E-state index in [0.717, 1.165) is 36.6 Å². The van der Waals surface area contributed by atoms with Crippen LogP contribution in [-0.4, -0.2) is 50.8 Å². The third kappa shape index (κ3) is 7.07. The smallest absolute Gasteiger partial charge is 0.271 e. The molecule has 4 rings (SSSR count). The largest absolute Gasteiger partial charge is 0.454 e. The number of ether oxygens (including phenoxy) is 1. The molecule has 3 aromatic rings. The van der Waals surface area contributed by atoms with Gasteiger partial charge < -0.3 is 15.2 Å². The molecule has 11 nitrogen and oxygen atoms in total. The van der Waals surface area contributed by atoms with Crippen LogP contribution in [0.1, 0.15) is 52.0 Å². The molecule has 0 saturated heterocycles. The number of nitrogens with one attached hydrogen (secondary N) is 1. The lowest BCUT2D eigenvalue weighted by Gasteiger charge is -2.21. The molecular formula is C26H33N5O6S. The fraction of sp³-hybridized carbons (Fsp3) is 0.462. The highest BCUT2D eigenvalue weighted by Crippen LogP contribution is 2.32. The summed E-state index contributed by atoms with van der Waals surface area (Å²) in [4.78, 5) is 26.5. The fourth-order valence-electron chi connectivity index (χ4n) is 4.66. The molecule has 0 unspecified atom stereocenters. The van der Waals surface area contributed by atoms with Gasteiger partial charge >= 0.3 is 0 Å². The highest BCUT2D eigenvalue weighted by molar-refractivity contribution is 7.90. The third-order valence-electron chi connectivity index (χ3n) is 6.35. The van der Waals surface area contributed by atoms with Crippen LogP contribution >= 0.6 is 0 Å². The maximum absolute atomic E-state index is 13.4. The number of carbonyl (C=O) groups is 1. The fourth-order valence-corrected chi connectivity index (χ4v) is 5.46. The summed E-state index contributed by atoms with van der Waals surface area (Å²) in [5.41, 5.74) is -1.52. The molecule has 2 aromatic heterocycles. The van der Waals surface area contributed by atoms with Crippen LogP contribution in [0, 0.1) is 5.92 Å². The molecule has 1 saturated carbocycles. The molecule has 0 spiro atoms. The minimum Gasteiger partial charge on any atom is -0.454 e. The van der Waals surface area contributed by atoms with Crippen molar-refractivity contribution in [3.63, 3.8) is 0 Å². The molecule has 2 N–H and O–H groups in total. The second-order valence-corrected chi connectivity index (χ2v) is 12.4. The van der Waals surface area contributed by atoms with E-state index in [1.54, 1.807) is 38.2 Å². The SMILES string of the molecule is CC(C)(O)Cn1ccc(NC(=O)[C@@H](CC2CCCC2)n2ncc(Oc3ccccc3S(C)(=O)=O)cc2=O)n1. The van der Waals surface area contributed by atoms with Gasteiger partial charge in [0, 0.05) is 24.6 Å². The Morgan fingerprint density at radius 2 is 1.95 bits per heavy atom. The van der Waals surface area contributed by atoms with Crippen molar-refractivity contribution in [1.29, 1.82) is 0 Å². The van der Waals surface area contributed by atoms with Gasteiger partial charge in [0.2, 0.25) is 0 Å². The Balaban J connectivity index is 1.57. The van der Waals surface area contributed by atoms with Crippen LogP contribution in [0.15, 0.2) is 58.5 Å². The molecule has 1 amide bonds. The normalized spacial score (nSPS) is 15.4. The molecular weight excluding hydrogens is 510 g/mol. The van der Waals surface area contributed by atoms with E-state index in [-0.39, 0.29) is 28.9 Å². The highest BCUT2D eigenvalue weighted by atomic mass is 32.2. The summed E-state index contributed by atoms with van der Waals surface area (Å²) in [5, 5.41) is 21.3. The molecule has 2 heterocycles. The zero-order chi connectivity index (χ0) is 27.5. The molecule has 1 atom stereocenters. The van der Waals surface area contributed by atoms with E-state index in [2.05, 4.69) is 15.5 Å². The summed E-state index contributed by atoms with van der Waals surface area (Å²) in [6.45, 7) is 3.57. The van der Waals surface area contributed by atoms with Gasteiger partial charge in [-0.3, -0.25) is 14.3 Å². The number of amides is 1. The van der Waals surface area contributed by atoms with Crippen LogP contribution in [-0.2, 0) is 21.2 Å². The number of sulfone groups is 1. The number of anilines is 1. The molecule has 1 fully saturated rings.